The van der Waals surface area contributed by atoms with E-state index in [0.29, 0.717) is 11.7 Å². The molecule has 1 unspecified atom stereocenters. The molecule has 4 atom stereocenters. The summed E-state index contributed by atoms with van der Waals surface area (Å²) in [5, 5.41) is 12.1. The normalized spacial score (nSPS) is 38.3. The highest BCUT2D eigenvalue weighted by atomic mass is 32.2. The Balaban J connectivity index is 2.07. The van der Waals surface area contributed by atoms with Gasteiger partial charge in [0.1, 0.15) is 0 Å². The van der Waals surface area contributed by atoms with E-state index in [1.54, 1.807) is 30.9 Å². The fourth-order valence-corrected chi connectivity index (χ4v) is 5.52. The maximum absolute atomic E-state index is 12.2. The molecular weight excluding hydrogens is 260 g/mol. The number of rotatable bonds is 5. The monoisotopic (exact) mass is 284 g/mol. The van der Waals surface area contributed by atoms with Crippen LogP contribution in [0.3, 0.4) is 0 Å². The molecule has 4 heteroatoms. The first-order valence-electron chi connectivity index (χ1n) is 6.85. The SMILES string of the molecule is CO/C=C/C=C/S(=O)C[C@]12CC[C@H](C[C@H]1O)C2(C)C. The number of fused-ring (bicyclic) bond motifs is 2. The second-order valence-electron chi connectivity index (χ2n) is 6.28. The summed E-state index contributed by atoms with van der Waals surface area (Å²) < 4.78 is 17.0. The van der Waals surface area contributed by atoms with Crippen molar-refractivity contribution >= 4 is 10.8 Å². The number of aliphatic hydroxyl groups is 1. The van der Waals surface area contributed by atoms with Crippen LogP contribution in [-0.2, 0) is 15.5 Å². The molecule has 19 heavy (non-hydrogen) atoms. The Morgan fingerprint density at radius 3 is 2.68 bits per heavy atom. The third-order valence-electron chi connectivity index (χ3n) is 5.34. The smallest absolute Gasteiger partial charge is 0.0824 e. The van der Waals surface area contributed by atoms with Crippen LogP contribution in [0.15, 0.2) is 23.8 Å². The Morgan fingerprint density at radius 1 is 1.42 bits per heavy atom. The van der Waals surface area contributed by atoms with Gasteiger partial charge in [-0.1, -0.05) is 19.9 Å². The fourth-order valence-electron chi connectivity index (χ4n) is 3.94. The van der Waals surface area contributed by atoms with Crippen LogP contribution in [0.2, 0.25) is 0 Å². The molecule has 1 N–H and O–H groups in total. The maximum Gasteiger partial charge on any atom is 0.0824 e. The molecule has 0 saturated heterocycles. The lowest BCUT2D eigenvalue weighted by Crippen LogP contribution is -2.42. The van der Waals surface area contributed by atoms with Gasteiger partial charge in [-0.15, -0.1) is 0 Å². The Hall–Kier alpha value is -0.610. The van der Waals surface area contributed by atoms with Gasteiger partial charge < -0.3 is 9.84 Å². The molecule has 2 bridgehead atoms. The van der Waals surface area contributed by atoms with Crippen LogP contribution in [0, 0.1) is 16.7 Å². The molecule has 3 nitrogen and oxygen atoms in total. The van der Waals surface area contributed by atoms with Gasteiger partial charge >= 0.3 is 0 Å². The Kier molecular flexibility index (Phi) is 4.21. The lowest BCUT2D eigenvalue weighted by molar-refractivity contribution is 0.0162. The molecule has 2 aliphatic rings. The van der Waals surface area contributed by atoms with E-state index in [2.05, 4.69) is 13.8 Å². The van der Waals surface area contributed by atoms with Crippen molar-refractivity contribution in [2.24, 2.45) is 16.7 Å². The minimum absolute atomic E-state index is 0.0955. The van der Waals surface area contributed by atoms with E-state index in [1.165, 1.54) is 0 Å². The van der Waals surface area contributed by atoms with Crippen molar-refractivity contribution in [3.05, 3.63) is 23.8 Å². The zero-order valence-electron chi connectivity index (χ0n) is 12.0. The maximum atomic E-state index is 12.2. The number of ether oxygens (including phenoxy) is 1. The minimum atomic E-state index is -1.04. The zero-order chi connectivity index (χ0) is 14.1. The molecule has 2 rings (SSSR count). The highest BCUT2D eigenvalue weighted by molar-refractivity contribution is 7.88. The highest BCUT2D eigenvalue weighted by Crippen LogP contribution is 2.65. The average Bonchev–Trinajstić information content (AvgIpc) is 2.68. The molecule has 2 fully saturated rings. The van der Waals surface area contributed by atoms with Crippen LogP contribution < -0.4 is 0 Å². The fraction of sp³-hybridized carbons (Fsp3) is 0.733. The second kappa shape index (κ2) is 5.41. The van der Waals surface area contributed by atoms with Crippen molar-refractivity contribution in [1.82, 2.24) is 0 Å². The molecule has 0 heterocycles. The first-order chi connectivity index (χ1) is 8.94. The molecular formula is C15H24O3S. The summed E-state index contributed by atoms with van der Waals surface area (Å²) in [6.45, 7) is 4.46. The quantitative estimate of drug-likeness (QED) is 0.623. The van der Waals surface area contributed by atoms with Crippen molar-refractivity contribution in [1.29, 1.82) is 0 Å². The van der Waals surface area contributed by atoms with E-state index in [9.17, 15) is 9.32 Å². The highest BCUT2D eigenvalue weighted by Gasteiger charge is 2.63. The van der Waals surface area contributed by atoms with Gasteiger partial charge in [0.2, 0.25) is 0 Å². The predicted molar refractivity (Wildman–Crippen MR) is 77.9 cm³/mol. The number of hydrogen-bond donors (Lipinski definition) is 1. The summed E-state index contributed by atoms with van der Waals surface area (Å²) in [6.07, 6.45) is 7.76. The molecule has 0 aromatic carbocycles. The van der Waals surface area contributed by atoms with Gasteiger partial charge in [-0.3, -0.25) is 4.21 Å². The van der Waals surface area contributed by atoms with E-state index in [4.69, 9.17) is 4.74 Å². The van der Waals surface area contributed by atoms with Crippen LogP contribution in [0.4, 0.5) is 0 Å². The number of methoxy groups -OCH3 is 1. The van der Waals surface area contributed by atoms with Crippen LogP contribution in [0.5, 0.6) is 0 Å². The third kappa shape index (κ3) is 2.40. The van der Waals surface area contributed by atoms with E-state index in [-0.39, 0.29) is 16.9 Å². The molecule has 0 spiro atoms. The summed E-state index contributed by atoms with van der Waals surface area (Å²) in [5.41, 5.74) is -0.0733. The molecule has 0 radical (unpaired) electrons. The van der Waals surface area contributed by atoms with Gasteiger partial charge in [0.15, 0.2) is 0 Å². The molecule has 0 aliphatic heterocycles. The standard InChI is InChI=1S/C15H24O3S/c1-14(2)12-6-7-15(14,13(16)10-12)11-19(17)9-5-4-8-18-3/h4-5,8-9,12-13,16H,6-7,10-11H2,1-3H3/b8-4+,9-5+/t12-,13-,15-,19?/m1/s1. The van der Waals surface area contributed by atoms with Crippen molar-refractivity contribution < 1.29 is 14.1 Å². The molecule has 2 aliphatic carbocycles. The molecule has 0 aromatic rings. The predicted octanol–water partition coefficient (Wildman–Crippen LogP) is 2.60. The largest absolute Gasteiger partial charge is 0.504 e. The van der Waals surface area contributed by atoms with Crippen molar-refractivity contribution in [2.45, 2.75) is 39.2 Å². The first-order valence-corrected chi connectivity index (χ1v) is 8.23. The van der Waals surface area contributed by atoms with Crippen LogP contribution in [0.25, 0.3) is 0 Å². The summed E-state index contributed by atoms with van der Waals surface area (Å²) in [6, 6.07) is 0. The topological polar surface area (TPSA) is 46.5 Å². The van der Waals surface area contributed by atoms with Crippen LogP contribution in [0.1, 0.15) is 33.1 Å². The minimum Gasteiger partial charge on any atom is -0.504 e. The Labute approximate surface area is 118 Å². The van der Waals surface area contributed by atoms with E-state index in [1.807, 2.05) is 0 Å². The first kappa shape index (κ1) is 14.8. The zero-order valence-corrected chi connectivity index (χ0v) is 12.8. The van der Waals surface area contributed by atoms with Crippen LogP contribution >= 0.6 is 0 Å². The lowest BCUT2D eigenvalue weighted by Gasteiger charge is -2.39. The average molecular weight is 284 g/mol. The van der Waals surface area contributed by atoms with E-state index in [0.717, 1.165) is 19.3 Å². The molecule has 0 aromatic heterocycles. The van der Waals surface area contributed by atoms with Gasteiger partial charge in [-0.25, -0.2) is 0 Å². The van der Waals surface area contributed by atoms with Gasteiger partial charge in [0, 0.05) is 27.4 Å². The van der Waals surface area contributed by atoms with Crippen molar-refractivity contribution in [3.8, 4) is 0 Å². The summed E-state index contributed by atoms with van der Waals surface area (Å²) >= 11 is 0. The van der Waals surface area contributed by atoms with Crippen LogP contribution in [-0.4, -0.2) is 28.3 Å². The summed E-state index contributed by atoms with van der Waals surface area (Å²) in [7, 11) is 0.539. The second-order valence-corrected chi connectivity index (χ2v) is 7.61. The Bertz CT molecular complexity index is 414. The lowest BCUT2D eigenvalue weighted by atomic mass is 9.70. The van der Waals surface area contributed by atoms with E-state index < -0.39 is 10.8 Å². The number of hydrogen-bond acceptors (Lipinski definition) is 3. The summed E-state index contributed by atoms with van der Waals surface area (Å²) in [4.78, 5) is 0. The number of aliphatic hydroxyl groups excluding tert-OH is 1. The third-order valence-corrected chi connectivity index (χ3v) is 6.60. The van der Waals surface area contributed by atoms with Gasteiger partial charge in [0.05, 0.1) is 19.5 Å². The van der Waals surface area contributed by atoms with E-state index >= 15 is 0 Å². The van der Waals surface area contributed by atoms with Crippen molar-refractivity contribution in [2.75, 3.05) is 12.9 Å². The van der Waals surface area contributed by atoms with Gasteiger partial charge in [0.25, 0.3) is 0 Å². The Morgan fingerprint density at radius 2 is 2.16 bits per heavy atom. The molecule has 108 valence electrons. The molecule has 2 saturated carbocycles. The molecule has 0 amide bonds. The summed E-state index contributed by atoms with van der Waals surface area (Å²) in [5.74, 6) is 1.14. The van der Waals surface area contributed by atoms with Gasteiger partial charge in [-0.05, 0) is 36.7 Å². The number of allylic oxidation sites excluding steroid dienone is 2. The van der Waals surface area contributed by atoms with Gasteiger partial charge in [-0.2, -0.15) is 0 Å². The van der Waals surface area contributed by atoms with Crippen molar-refractivity contribution in [3.63, 3.8) is 0 Å².